The number of ether oxygens (including phenoxy) is 1. The Morgan fingerprint density at radius 3 is 2.83 bits per heavy atom. The number of aryl methyl sites for hydroxylation is 1. The summed E-state index contributed by atoms with van der Waals surface area (Å²) >= 11 is 0. The van der Waals surface area contributed by atoms with Crippen molar-refractivity contribution >= 4 is 26.7 Å². The van der Waals surface area contributed by atoms with Gasteiger partial charge in [0.1, 0.15) is 28.7 Å². The maximum atomic E-state index is 12.0. The molecule has 0 radical (unpaired) electrons. The van der Waals surface area contributed by atoms with E-state index in [-0.39, 0.29) is 28.7 Å². The summed E-state index contributed by atoms with van der Waals surface area (Å²) in [5.74, 6) is -0.125. The van der Waals surface area contributed by atoms with Gasteiger partial charge in [-0.15, -0.1) is 0 Å². The van der Waals surface area contributed by atoms with Gasteiger partial charge < -0.3 is 9.15 Å². The summed E-state index contributed by atoms with van der Waals surface area (Å²) in [6.45, 7) is 1.36. The Hall–Kier alpha value is -2.68. The van der Waals surface area contributed by atoms with Crippen molar-refractivity contribution in [2.75, 3.05) is 6.26 Å². The van der Waals surface area contributed by atoms with Crippen LogP contribution in [0.5, 0.6) is 0 Å². The number of fused-ring (bicyclic) bond motifs is 1. The molecule has 0 spiro atoms. The lowest BCUT2D eigenvalue weighted by atomic mass is 10.3. The van der Waals surface area contributed by atoms with E-state index in [0.29, 0.717) is 5.52 Å². The van der Waals surface area contributed by atoms with E-state index in [1.54, 1.807) is 12.3 Å². The summed E-state index contributed by atoms with van der Waals surface area (Å²) < 4.78 is 33.5. The number of hydrogen-bond donors (Lipinski definition) is 1. The zero-order valence-corrected chi connectivity index (χ0v) is 13.2. The summed E-state index contributed by atoms with van der Waals surface area (Å²) in [7, 11) is -3.38. The SMILES string of the molecule is Cc1oc(COC(=O)c2cc3cn[nH]c3cn2)cc1S(C)(=O)=O. The number of nitrogens with zero attached hydrogens (tertiary/aromatic N) is 2. The highest BCUT2D eigenvalue weighted by molar-refractivity contribution is 7.90. The molecule has 0 aromatic carbocycles. The molecule has 1 N–H and O–H groups in total. The van der Waals surface area contributed by atoms with Crippen molar-refractivity contribution in [3.05, 3.63) is 41.7 Å². The number of carbonyl (C=O) groups excluding carboxylic acids is 1. The Bertz CT molecular complexity index is 987. The molecule has 0 aliphatic heterocycles. The second-order valence-electron chi connectivity index (χ2n) is 5.01. The van der Waals surface area contributed by atoms with Gasteiger partial charge in [0, 0.05) is 17.7 Å². The van der Waals surface area contributed by atoms with Gasteiger partial charge in [-0.25, -0.2) is 18.2 Å². The number of aromatic nitrogens is 3. The van der Waals surface area contributed by atoms with Crippen LogP contribution in [0.15, 0.2) is 33.8 Å². The van der Waals surface area contributed by atoms with Crippen molar-refractivity contribution in [2.45, 2.75) is 18.4 Å². The molecule has 0 aliphatic rings. The van der Waals surface area contributed by atoms with Gasteiger partial charge in [0.15, 0.2) is 9.84 Å². The minimum Gasteiger partial charge on any atom is -0.461 e. The minimum absolute atomic E-state index is 0.0847. The van der Waals surface area contributed by atoms with Gasteiger partial charge in [-0.2, -0.15) is 5.10 Å². The average molecular weight is 335 g/mol. The largest absolute Gasteiger partial charge is 0.461 e. The van der Waals surface area contributed by atoms with E-state index in [9.17, 15) is 13.2 Å². The highest BCUT2D eigenvalue weighted by Gasteiger charge is 2.18. The average Bonchev–Trinajstić information content (AvgIpc) is 3.09. The van der Waals surface area contributed by atoms with Crippen LogP contribution in [0.4, 0.5) is 0 Å². The first-order chi connectivity index (χ1) is 10.8. The maximum absolute atomic E-state index is 12.0. The van der Waals surface area contributed by atoms with E-state index in [1.807, 2.05) is 0 Å². The maximum Gasteiger partial charge on any atom is 0.357 e. The molecule has 0 atom stereocenters. The topological polar surface area (TPSA) is 115 Å². The normalized spacial score (nSPS) is 11.7. The molecule has 0 unspecified atom stereocenters. The van der Waals surface area contributed by atoms with Crippen LogP contribution in [-0.2, 0) is 21.2 Å². The lowest BCUT2D eigenvalue weighted by Crippen LogP contribution is -2.06. The number of pyridine rings is 1. The van der Waals surface area contributed by atoms with Gasteiger partial charge in [-0.05, 0) is 13.0 Å². The number of sulfone groups is 1. The Balaban J connectivity index is 1.74. The van der Waals surface area contributed by atoms with Crippen molar-refractivity contribution in [3.63, 3.8) is 0 Å². The van der Waals surface area contributed by atoms with Crippen molar-refractivity contribution in [1.82, 2.24) is 15.2 Å². The lowest BCUT2D eigenvalue weighted by Gasteiger charge is -2.02. The van der Waals surface area contributed by atoms with E-state index in [2.05, 4.69) is 15.2 Å². The molecular weight excluding hydrogens is 322 g/mol. The van der Waals surface area contributed by atoms with Crippen LogP contribution in [0, 0.1) is 6.92 Å². The quantitative estimate of drug-likeness (QED) is 0.720. The predicted octanol–water partition coefficient (Wildman–Crippen LogP) is 1.62. The van der Waals surface area contributed by atoms with Crippen molar-refractivity contribution in [1.29, 1.82) is 0 Å². The number of rotatable bonds is 4. The Kier molecular flexibility index (Phi) is 3.64. The van der Waals surface area contributed by atoms with Crippen molar-refractivity contribution in [3.8, 4) is 0 Å². The second-order valence-corrected chi connectivity index (χ2v) is 6.99. The van der Waals surface area contributed by atoms with Gasteiger partial charge in [-0.1, -0.05) is 0 Å². The Labute approximate surface area is 131 Å². The van der Waals surface area contributed by atoms with E-state index in [4.69, 9.17) is 9.15 Å². The molecule has 0 bridgehead atoms. The van der Waals surface area contributed by atoms with Crippen LogP contribution < -0.4 is 0 Å². The van der Waals surface area contributed by atoms with E-state index in [1.165, 1.54) is 19.2 Å². The Morgan fingerprint density at radius 1 is 1.35 bits per heavy atom. The highest BCUT2D eigenvalue weighted by Crippen LogP contribution is 2.20. The first kappa shape index (κ1) is 15.2. The molecule has 3 heterocycles. The van der Waals surface area contributed by atoms with Gasteiger partial charge in [0.2, 0.25) is 0 Å². The molecular formula is C14H13N3O5S. The number of carbonyl (C=O) groups is 1. The molecule has 3 aromatic rings. The fourth-order valence-electron chi connectivity index (χ4n) is 2.13. The minimum atomic E-state index is -3.38. The molecule has 3 rings (SSSR count). The smallest absolute Gasteiger partial charge is 0.357 e. The van der Waals surface area contributed by atoms with Crippen LogP contribution in [0.3, 0.4) is 0 Å². The lowest BCUT2D eigenvalue weighted by molar-refractivity contribution is 0.0437. The first-order valence-electron chi connectivity index (χ1n) is 6.60. The molecule has 0 saturated heterocycles. The van der Waals surface area contributed by atoms with Crippen LogP contribution in [0.2, 0.25) is 0 Å². The highest BCUT2D eigenvalue weighted by atomic mass is 32.2. The fourth-order valence-corrected chi connectivity index (χ4v) is 3.04. The fraction of sp³-hybridized carbons (Fsp3) is 0.214. The van der Waals surface area contributed by atoms with Crippen LogP contribution in [0.1, 0.15) is 22.0 Å². The van der Waals surface area contributed by atoms with Gasteiger partial charge >= 0.3 is 5.97 Å². The zero-order chi connectivity index (χ0) is 16.6. The molecule has 3 aromatic heterocycles. The molecule has 9 heteroatoms. The second kappa shape index (κ2) is 5.51. The number of aromatic amines is 1. The number of esters is 1. The molecule has 23 heavy (non-hydrogen) atoms. The molecule has 0 fully saturated rings. The van der Waals surface area contributed by atoms with E-state index < -0.39 is 15.8 Å². The van der Waals surface area contributed by atoms with E-state index >= 15 is 0 Å². The van der Waals surface area contributed by atoms with Gasteiger partial charge in [0.25, 0.3) is 0 Å². The van der Waals surface area contributed by atoms with Crippen molar-refractivity contribution < 1.29 is 22.4 Å². The predicted molar refractivity (Wildman–Crippen MR) is 79.6 cm³/mol. The van der Waals surface area contributed by atoms with E-state index in [0.717, 1.165) is 11.6 Å². The van der Waals surface area contributed by atoms with Crippen LogP contribution >= 0.6 is 0 Å². The monoisotopic (exact) mass is 335 g/mol. The summed E-state index contributed by atoms with van der Waals surface area (Å²) in [4.78, 5) is 16.1. The molecule has 0 saturated carbocycles. The number of H-pyrrole nitrogens is 1. The summed E-state index contributed by atoms with van der Waals surface area (Å²) in [6, 6.07) is 2.90. The molecule has 120 valence electrons. The van der Waals surface area contributed by atoms with Gasteiger partial charge in [-0.3, -0.25) is 5.10 Å². The molecule has 0 aliphatic carbocycles. The number of furan rings is 1. The summed E-state index contributed by atoms with van der Waals surface area (Å²) in [6.07, 6.45) is 4.14. The number of hydrogen-bond acceptors (Lipinski definition) is 7. The zero-order valence-electron chi connectivity index (χ0n) is 12.4. The van der Waals surface area contributed by atoms with Crippen LogP contribution in [-0.4, -0.2) is 35.8 Å². The molecule has 8 nitrogen and oxygen atoms in total. The molecule has 0 amide bonds. The third kappa shape index (κ3) is 3.09. The van der Waals surface area contributed by atoms with Crippen LogP contribution in [0.25, 0.3) is 10.9 Å². The standard InChI is InChI=1S/C14H13N3O5S/c1-8-13(23(2,19)20)4-10(22-8)7-21-14(18)11-3-9-5-16-17-12(9)6-15-11/h3-6H,7H2,1-2H3,(H,16,17). The Morgan fingerprint density at radius 2 is 2.13 bits per heavy atom. The summed E-state index contributed by atoms with van der Waals surface area (Å²) in [5.41, 5.74) is 0.839. The summed E-state index contributed by atoms with van der Waals surface area (Å²) in [5, 5.41) is 7.31. The first-order valence-corrected chi connectivity index (χ1v) is 8.49. The number of nitrogens with one attached hydrogen (secondary N) is 1. The van der Waals surface area contributed by atoms with Crippen molar-refractivity contribution in [2.24, 2.45) is 0 Å². The third-order valence-electron chi connectivity index (χ3n) is 3.20. The third-order valence-corrected chi connectivity index (χ3v) is 4.41. The van der Waals surface area contributed by atoms with Gasteiger partial charge in [0.05, 0.1) is 17.9 Å².